The van der Waals surface area contributed by atoms with Crippen molar-refractivity contribution in [2.45, 2.75) is 46.5 Å². The van der Waals surface area contributed by atoms with Crippen LogP contribution in [0.4, 0.5) is 0 Å². The highest BCUT2D eigenvalue weighted by atomic mass is 16.1. The lowest BCUT2D eigenvalue weighted by atomic mass is 9.77. The first-order valence-corrected chi connectivity index (χ1v) is 5.54. The molecule has 0 N–H and O–H groups in total. The number of ketones is 1. The average Bonchev–Trinajstić information content (AvgIpc) is 2.40. The summed E-state index contributed by atoms with van der Waals surface area (Å²) in [6.45, 7) is 6.93. The van der Waals surface area contributed by atoms with Gasteiger partial charge in [0.1, 0.15) is 5.78 Å². The average molecular weight is 180 g/mol. The van der Waals surface area contributed by atoms with Crippen LogP contribution in [0.25, 0.3) is 0 Å². The highest BCUT2D eigenvalue weighted by molar-refractivity contribution is 5.82. The van der Waals surface area contributed by atoms with Gasteiger partial charge in [0.15, 0.2) is 0 Å². The number of carbonyl (C=O) groups is 1. The van der Waals surface area contributed by atoms with Gasteiger partial charge in [-0.25, -0.2) is 0 Å². The molecule has 74 valence electrons. The van der Waals surface area contributed by atoms with E-state index < -0.39 is 0 Å². The van der Waals surface area contributed by atoms with E-state index in [1.54, 1.807) is 0 Å². The molecule has 3 atom stereocenters. The molecule has 1 nitrogen and oxygen atoms in total. The molecule has 0 spiro atoms. The third kappa shape index (κ3) is 1.33. The first-order chi connectivity index (χ1) is 6.03. The molecule has 13 heavy (non-hydrogen) atoms. The molecule has 0 aromatic rings. The molecule has 0 bridgehead atoms. The van der Waals surface area contributed by atoms with Gasteiger partial charge in [-0.1, -0.05) is 20.8 Å². The van der Waals surface area contributed by atoms with E-state index in [2.05, 4.69) is 20.8 Å². The number of hydrogen-bond donors (Lipinski definition) is 0. The summed E-state index contributed by atoms with van der Waals surface area (Å²) in [6.07, 6.45) is 4.37. The van der Waals surface area contributed by atoms with Crippen LogP contribution in [0.2, 0.25) is 0 Å². The highest BCUT2D eigenvalue weighted by Gasteiger charge is 2.51. The minimum absolute atomic E-state index is 0.381. The maximum atomic E-state index is 11.4. The van der Waals surface area contributed by atoms with Crippen LogP contribution in [0.15, 0.2) is 0 Å². The van der Waals surface area contributed by atoms with Gasteiger partial charge < -0.3 is 0 Å². The van der Waals surface area contributed by atoms with Crippen molar-refractivity contribution >= 4 is 5.78 Å². The summed E-state index contributed by atoms with van der Waals surface area (Å²) in [5, 5.41) is 0. The zero-order valence-corrected chi connectivity index (χ0v) is 8.97. The lowest BCUT2D eigenvalue weighted by Crippen LogP contribution is -2.21. The van der Waals surface area contributed by atoms with Gasteiger partial charge in [0, 0.05) is 12.8 Å². The number of rotatable bonds is 1. The molecule has 0 radical (unpaired) electrons. The predicted octanol–water partition coefficient (Wildman–Crippen LogP) is 3.04. The third-order valence-corrected chi connectivity index (χ3v) is 4.37. The summed E-state index contributed by atoms with van der Waals surface area (Å²) in [6, 6.07) is 0. The lowest BCUT2D eigenvalue weighted by Gasteiger charge is -2.27. The zero-order valence-electron chi connectivity index (χ0n) is 8.97. The Bertz CT molecular complexity index is 231. The quantitative estimate of drug-likeness (QED) is 0.606. The fraction of sp³-hybridized carbons (Fsp3) is 0.917. The first kappa shape index (κ1) is 9.23. The van der Waals surface area contributed by atoms with Crippen molar-refractivity contribution in [2.24, 2.45) is 23.2 Å². The van der Waals surface area contributed by atoms with E-state index in [-0.39, 0.29) is 0 Å². The van der Waals surface area contributed by atoms with Crippen LogP contribution in [0.5, 0.6) is 0 Å². The molecule has 2 rings (SSSR count). The van der Waals surface area contributed by atoms with Gasteiger partial charge in [0.05, 0.1) is 0 Å². The van der Waals surface area contributed by atoms with Crippen LogP contribution in [0, 0.1) is 23.2 Å². The van der Waals surface area contributed by atoms with Gasteiger partial charge in [-0.2, -0.15) is 0 Å². The maximum Gasteiger partial charge on any atom is 0.133 e. The van der Waals surface area contributed by atoms with Crippen molar-refractivity contribution < 1.29 is 4.79 Å². The fourth-order valence-corrected chi connectivity index (χ4v) is 3.58. The Balaban J connectivity index is 2.19. The lowest BCUT2D eigenvalue weighted by molar-refractivity contribution is -0.118. The summed E-state index contributed by atoms with van der Waals surface area (Å²) in [5.41, 5.74) is 0.381. The molecule has 2 fully saturated rings. The van der Waals surface area contributed by atoms with Gasteiger partial charge >= 0.3 is 0 Å². The van der Waals surface area contributed by atoms with Gasteiger partial charge in [-0.05, 0) is 36.0 Å². The normalized spacial score (nSPS) is 44.5. The van der Waals surface area contributed by atoms with Crippen LogP contribution in [0.3, 0.4) is 0 Å². The van der Waals surface area contributed by atoms with Gasteiger partial charge in [0.25, 0.3) is 0 Å². The van der Waals surface area contributed by atoms with Crippen LogP contribution in [-0.2, 0) is 4.79 Å². The highest BCUT2D eigenvalue weighted by Crippen LogP contribution is 2.57. The summed E-state index contributed by atoms with van der Waals surface area (Å²) in [4.78, 5) is 11.4. The topological polar surface area (TPSA) is 17.1 Å². The molecule has 2 saturated carbocycles. The standard InChI is InChI=1S/C12H20O/c1-8(2)10-4-5-12(3)7-9(13)6-11(10)12/h8,10-11H,4-7H2,1-3H3. The molecule has 0 saturated heterocycles. The van der Waals surface area contributed by atoms with Crippen molar-refractivity contribution in [1.82, 2.24) is 0 Å². The van der Waals surface area contributed by atoms with Gasteiger partial charge in [0.2, 0.25) is 0 Å². The SMILES string of the molecule is CC(C)C1CCC2(C)CC(=O)CC12. The number of Topliss-reactive ketones (excluding diaryl/α,β-unsaturated/α-hetero) is 1. The second kappa shape index (κ2) is 2.83. The third-order valence-electron chi connectivity index (χ3n) is 4.37. The monoisotopic (exact) mass is 180 g/mol. The van der Waals surface area contributed by atoms with Crippen LogP contribution in [0.1, 0.15) is 46.5 Å². The number of fused-ring (bicyclic) bond motifs is 1. The Morgan fingerprint density at radius 3 is 2.77 bits per heavy atom. The van der Waals surface area contributed by atoms with Crippen molar-refractivity contribution in [3.05, 3.63) is 0 Å². The van der Waals surface area contributed by atoms with Crippen LogP contribution < -0.4 is 0 Å². The first-order valence-electron chi connectivity index (χ1n) is 5.54. The van der Waals surface area contributed by atoms with Crippen molar-refractivity contribution in [1.29, 1.82) is 0 Å². The second-order valence-corrected chi connectivity index (χ2v) is 5.63. The Labute approximate surface area is 80.9 Å². The Morgan fingerprint density at radius 1 is 1.46 bits per heavy atom. The zero-order chi connectivity index (χ0) is 9.64. The molecule has 2 aliphatic carbocycles. The molecular weight excluding hydrogens is 160 g/mol. The van der Waals surface area contributed by atoms with E-state index in [4.69, 9.17) is 0 Å². The molecule has 1 heteroatoms. The smallest absolute Gasteiger partial charge is 0.133 e. The van der Waals surface area contributed by atoms with E-state index in [1.165, 1.54) is 12.8 Å². The summed E-state index contributed by atoms with van der Waals surface area (Å²) in [5.74, 6) is 2.80. The van der Waals surface area contributed by atoms with Crippen LogP contribution in [-0.4, -0.2) is 5.78 Å². The van der Waals surface area contributed by atoms with Gasteiger partial charge in [-0.15, -0.1) is 0 Å². The minimum Gasteiger partial charge on any atom is -0.300 e. The molecule has 0 aliphatic heterocycles. The minimum atomic E-state index is 0.381. The van der Waals surface area contributed by atoms with E-state index in [1.807, 2.05) is 0 Å². The Hall–Kier alpha value is -0.330. The van der Waals surface area contributed by atoms with Crippen LogP contribution >= 0.6 is 0 Å². The maximum absolute atomic E-state index is 11.4. The van der Waals surface area contributed by atoms with Crippen molar-refractivity contribution in [3.8, 4) is 0 Å². The Kier molecular flexibility index (Phi) is 2.01. The molecule has 3 unspecified atom stereocenters. The van der Waals surface area contributed by atoms with E-state index in [9.17, 15) is 4.79 Å². The summed E-state index contributed by atoms with van der Waals surface area (Å²) in [7, 11) is 0. The predicted molar refractivity (Wildman–Crippen MR) is 53.4 cm³/mol. The van der Waals surface area contributed by atoms with E-state index in [0.717, 1.165) is 24.7 Å². The molecule has 0 aromatic carbocycles. The van der Waals surface area contributed by atoms with Gasteiger partial charge in [-0.3, -0.25) is 4.79 Å². The number of carbonyl (C=O) groups excluding carboxylic acids is 1. The molecule has 2 aliphatic rings. The summed E-state index contributed by atoms with van der Waals surface area (Å²) >= 11 is 0. The number of hydrogen-bond acceptors (Lipinski definition) is 1. The molecule has 0 heterocycles. The van der Waals surface area contributed by atoms with Crippen molar-refractivity contribution in [2.75, 3.05) is 0 Å². The van der Waals surface area contributed by atoms with Crippen molar-refractivity contribution in [3.63, 3.8) is 0 Å². The Morgan fingerprint density at radius 2 is 2.15 bits per heavy atom. The molecule has 0 amide bonds. The molecular formula is C12H20O. The largest absolute Gasteiger partial charge is 0.300 e. The van der Waals surface area contributed by atoms with E-state index in [0.29, 0.717) is 17.1 Å². The summed E-state index contributed by atoms with van der Waals surface area (Å²) < 4.78 is 0. The second-order valence-electron chi connectivity index (χ2n) is 5.63. The van der Waals surface area contributed by atoms with E-state index >= 15 is 0 Å². The molecule has 0 aromatic heterocycles. The fourth-order valence-electron chi connectivity index (χ4n) is 3.58.